The molecular weight excluding hydrogens is 254 g/mol. The number of ether oxygens (including phenoxy) is 1. The summed E-state index contributed by atoms with van der Waals surface area (Å²) in [5.41, 5.74) is 3.88. The van der Waals surface area contributed by atoms with Crippen molar-refractivity contribution in [2.75, 3.05) is 12.4 Å². The molecule has 0 bridgehead atoms. The fourth-order valence-electron chi connectivity index (χ4n) is 2.10. The van der Waals surface area contributed by atoms with Gasteiger partial charge in [0.25, 0.3) is 0 Å². The van der Waals surface area contributed by atoms with Gasteiger partial charge in [0.15, 0.2) is 0 Å². The second-order valence-corrected chi connectivity index (χ2v) is 4.64. The summed E-state index contributed by atoms with van der Waals surface area (Å²) in [6.45, 7) is 3.76. The standard InChI is InChI=1S/C16H17NO3/c1-10-8-12(4-6-14(10)16(18)19)17-13-5-7-15(20-3)11(2)9-13/h4-9,17H,1-3H3,(H,18,19). The molecule has 2 N–H and O–H groups in total. The van der Waals surface area contributed by atoms with Gasteiger partial charge < -0.3 is 15.2 Å². The van der Waals surface area contributed by atoms with E-state index in [-0.39, 0.29) is 0 Å². The Morgan fingerprint density at radius 1 is 1.05 bits per heavy atom. The summed E-state index contributed by atoms with van der Waals surface area (Å²) in [4.78, 5) is 11.0. The van der Waals surface area contributed by atoms with Gasteiger partial charge in [0, 0.05) is 11.4 Å². The van der Waals surface area contributed by atoms with Crippen molar-refractivity contribution in [3.8, 4) is 5.75 Å². The van der Waals surface area contributed by atoms with Crippen LogP contribution in [0, 0.1) is 13.8 Å². The number of aromatic carboxylic acids is 1. The van der Waals surface area contributed by atoms with Crippen LogP contribution in [-0.4, -0.2) is 18.2 Å². The van der Waals surface area contributed by atoms with E-state index in [1.807, 2.05) is 31.2 Å². The number of hydrogen-bond donors (Lipinski definition) is 2. The van der Waals surface area contributed by atoms with Gasteiger partial charge in [0.05, 0.1) is 12.7 Å². The lowest BCUT2D eigenvalue weighted by Crippen LogP contribution is -2.00. The van der Waals surface area contributed by atoms with E-state index in [1.54, 1.807) is 26.2 Å². The van der Waals surface area contributed by atoms with Crippen molar-refractivity contribution < 1.29 is 14.6 Å². The van der Waals surface area contributed by atoms with Crippen molar-refractivity contribution in [3.05, 3.63) is 53.1 Å². The number of carboxylic acid groups (broad SMARTS) is 1. The highest BCUT2D eigenvalue weighted by Crippen LogP contribution is 2.25. The first-order valence-corrected chi connectivity index (χ1v) is 6.27. The molecule has 0 aliphatic carbocycles. The molecule has 0 unspecified atom stereocenters. The maximum absolute atomic E-state index is 11.0. The molecule has 0 aliphatic rings. The minimum atomic E-state index is -0.908. The number of anilines is 2. The van der Waals surface area contributed by atoms with Crippen molar-refractivity contribution in [2.45, 2.75) is 13.8 Å². The van der Waals surface area contributed by atoms with Crippen LogP contribution in [0.3, 0.4) is 0 Å². The lowest BCUT2D eigenvalue weighted by molar-refractivity contribution is 0.0696. The Labute approximate surface area is 118 Å². The van der Waals surface area contributed by atoms with E-state index in [9.17, 15) is 4.79 Å². The van der Waals surface area contributed by atoms with Gasteiger partial charge in [-0.15, -0.1) is 0 Å². The minimum absolute atomic E-state index is 0.321. The Morgan fingerprint density at radius 3 is 2.15 bits per heavy atom. The number of hydrogen-bond acceptors (Lipinski definition) is 3. The zero-order valence-corrected chi connectivity index (χ0v) is 11.7. The monoisotopic (exact) mass is 271 g/mol. The highest BCUT2D eigenvalue weighted by atomic mass is 16.5. The Balaban J connectivity index is 2.24. The molecule has 104 valence electrons. The van der Waals surface area contributed by atoms with Crippen molar-refractivity contribution in [1.29, 1.82) is 0 Å². The second kappa shape index (κ2) is 5.65. The Morgan fingerprint density at radius 2 is 1.65 bits per heavy atom. The molecule has 0 radical (unpaired) electrons. The van der Waals surface area contributed by atoms with E-state index in [2.05, 4.69) is 5.32 Å². The summed E-state index contributed by atoms with van der Waals surface area (Å²) >= 11 is 0. The second-order valence-electron chi connectivity index (χ2n) is 4.64. The summed E-state index contributed by atoms with van der Waals surface area (Å²) in [7, 11) is 1.64. The maximum atomic E-state index is 11.0. The minimum Gasteiger partial charge on any atom is -0.496 e. The number of aryl methyl sites for hydroxylation is 2. The van der Waals surface area contributed by atoms with E-state index in [4.69, 9.17) is 9.84 Å². The van der Waals surface area contributed by atoms with Crippen molar-refractivity contribution in [1.82, 2.24) is 0 Å². The molecular formula is C16H17NO3. The molecule has 2 aromatic rings. The predicted octanol–water partition coefficient (Wildman–Crippen LogP) is 3.75. The summed E-state index contributed by atoms with van der Waals surface area (Å²) in [6.07, 6.45) is 0. The van der Waals surface area contributed by atoms with Gasteiger partial charge in [0.2, 0.25) is 0 Å². The third kappa shape index (κ3) is 2.91. The van der Waals surface area contributed by atoms with Crippen LogP contribution in [0.5, 0.6) is 5.75 Å². The molecule has 2 rings (SSSR count). The molecule has 4 heteroatoms. The van der Waals surface area contributed by atoms with Crippen LogP contribution < -0.4 is 10.1 Å². The highest BCUT2D eigenvalue weighted by molar-refractivity contribution is 5.90. The number of methoxy groups -OCH3 is 1. The lowest BCUT2D eigenvalue weighted by Gasteiger charge is -2.11. The molecule has 20 heavy (non-hydrogen) atoms. The molecule has 0 spiro atoms. The Kier molecular flexibility index (Phi) is 3.94. The van der Waals surface area contributed by atoms with Crippen LogP contribution in [0.1, 0.15) is 21.5 Å². The van der Waals surface area contributed by atoms with E-state index < -0.39 is 5.97 Å². The fourth-order valence-corrected chi connectivity index (χ4v) is 2.10. The SMILES string of the molecule is COc1ccc(Nc2ccc(C(=O)O)c(C)c2)cc1C. The summed E-state index contributed by atoms with van der Waals surface area (Å²) in [6, 6.07) is 11.0. The Hall–Kier alpha value is -2.49. The van der Waals surface area contributed by atoms with Crippen LogP contribution in [0.25, 0.3) is 0 Å². The summed E-state index contributed by atoms with van der Waals surface area (Å²) in [5.74, 6) is -0.0673. The average molecular weight is 271 g/mol. The van der Waals surface area contributed by atoms with Gasteiger partial charge in [-0.1, -0.05) is 0 Å². The smallest absolute Gasteiger partial charge is 0.335 e. The maximum Gasteiger partial charge on any atom is 0.335 e. The number of carbonyl (C=O) groups is 1. The first-order chi connectivity index (χ1) is 9.51. The van der Waals surface area contributed by atoms with Crippen LogP contribution >= 0.6 is 0 Å². The molecule has 0 aliphatic heterocycles. The topological polar surface area (TPSA) is 58.6 Å². The van der Waals surface area contributed by atoms with Crippen molar-refractivity contribution in [2.24, 2.45) is 0 Å². The van der Waals surface area contributed by atoms with Crippen LogP contribution in [0.15, 0.2) is 36.4 Å². The normalized spacial score (nSPS) is 10.2. The van der Waals surface area contributed by atoms with E-state index >= 15 is 0 Å². The zero-order valence-electron chi connectivity index (χ0n) is 11.7. The Bertz CT molecular complexity index is 650. The summed E-state index contributed by atoms with van der Waals surface area (Å²) in [5, 5.41) is 12.3. The molecule has 0 saturated heterocycles. The average Bonchev–Trinajstić information content (AvgIpc) is 2.38. The third-order valence-corrected chi connectivity index (χ3v) is 3.14. The molecule has 2 aromatic carbocycles. The van der Waals surface area contributed by atoms with Crippen LogP contribution in [-0.2, 0) is 0 Å². The molecule has 0 atom stereocenters. The molecule has 0 aromatic heterocycles. The lowest BCUT2D eigenvalue weighted by atomic mass is 10.1. The van der Waals surface area contributed by atoms with Gasteiger partial charge in [-0.25, -0.2) is 4.79 Å². The van der Waals surface area contributed by atoms with Crippen LogP contribution in [0.2, 0.25) is 0 Å². The van der Waals surface area contributed by atoms with E-state index in [0.29, 0.717) is 5.56 Å². The predicted molar refractivity (Wildman–Crippen MR) is 79.2 cm³/mol. The molecule has 0 heterocycles. The van der Waals surface area contributed by atoms with Crippen LogP contribution in [0.4, 0.5) is 11.4 Å². The van der Waals surface area contributed by atoms with E-state index in [1.165, 1.54) is 0 Å². The van der Waals surface area contributed by atoms with E-state index in [0.717, 1.165) is 28.3 Å². The first kappa shape index (κ1) is 13.9. The largest absolute Gasteiger partial charge is 0.496 e. The number of rotatable bonds is 4. The zero-order chi connectivity index (χ0) is 14.7. The highest BCUT2D eigenvalue weighted by Gasteiger charge is 2.07. The van der Waals surface area contributed by atoms with Crippen molar-refractivity contribution >= 4 is 17.3 Å². The quantitative estimate of drug-likeness (QED) is 0.889. The van der Waals surface area contributed by atoms with Gasteiger partial charge >= 0.3 is 5.97 Å². The molecule has 4 nitrogen and oxygen atoms in total. The number of benzene rings is 2. The van der Waals surface area contributed by atoms with Gasteiger partial charge in [-0.3, -0.25) is 0 Å². The van der Waals surface area contributed by atoms with Gasteiger partial charge in [0.1, 0.15) is 5.75 Å². The molecule has 0 fully saturated rings. The first-order valence-electron chi connectivity index (χ1n) is 6.27. The fraction of sp³-hybridized carbons (Fsp3) is 0.188. The molecule has 0 saturated carbocycles. The third-order valence-electron chi connectivity index (χ3n) is 3.14. The van der Waals surface area contributed by atoms with Gasteiger partial charge in [-0.2, -0.15) is 0 Å². The number of carboxylic acids is 1. The van der Waals surface area contributed by atoms with Gasteiger partial charge in [-0.05, 0) is 61.4 Å². The summed E-state index contributed by atoms with van der Waals surface area (Å²) < 4.78 is 5.22. The number of nitrogens with one attached hydrogen (secondary N) is 1. The molecule has 0 amide bonds. The van der Waals surface area contributed by atoms with Crippen molar-refractivity contribution in [3.63, 3.8) is 0 Å².